The van der Waals surface area contributed by atoms with Crippen LogP contribution in [0.5, 0.6) is 0 Å². The number of piperidine rings is 2. The first kappa shape index (κ1) is 17.1. The Morgan fingerprint density at radius 3 is 2.19 bits per heavy atom. The number of fused-ring (bicyclic) bond motifs is 2. The molecule has 1 amide bonds. The van der Waals surface area contributed by atoms with Gasteiger partial charge >= 0.3 is 0 Å². The monoisotopic (exact) mass is 351 g/mol. The Morgan fingerprint density at radius 1 is 0.962 bits per heavy atom. The summed E-state index contributed by atoms with van der Waals surface area (Å²) in [5.41, 5.74) is 8.32. The van der Waals surface area contributed by atoms with Crippen molar-refractivity contribution >= 4 is 11.6 Å². The minimum atomic E-state index is -0.322. The summed E-state index contributed by atoms with van der Waals surface area (Å²) in [4.78, 5) is 17.1. The zero-order valence-corrected chi connectivity index (χ0v) is 14.8. The third-order valence-electron chi connectivity index (χ3n) is 5.56. The average Bonchev–Trinajstić information content (AvgIpc) is 2.63. The van der Waals surface area contributed by atoms with Crippen LogP contribution >= 0.6 is 0 Å². The highest BCUT2D eigenvalue weighted by Crippen LogP contribution is 2.30. The third kappa shape index (κ3) is 3.45. The number of benzene rings is 2. The molecular formula is C21H25N3O2. The number of likely N-dealkylation sites (tertiary alicyclic amines) is 2. The number of anilines is 1. The molecule has 2 aliphatic rings. The van der Waals surface area contributed by atoms with Gasteiger partial charge in [-0.3, -0.25) is 9.69 Å². The maximum absolute atomic E-state index is 12.8. The summed E-state index contributed by atoms with van der Waals surface area (Å²) in [6.07, 6.45) is -0.322. The van der Waals surface area contributed by atoms with Crippen molar-refractivity contribution < 1.29 is 9.90 Å². The van der Waals surface area contributed by atoms with Crippen molar-refractivity contribution in [2.24, 2.45) is 11.8 Å². The summed E-state index contributed by atoms with van der Waals surface area (Å²) in [6.45, 7) is 3.74. The molecule has 2 fully saturated rings. The van der Waals surface area contributed by atoms with Gasteiger partial charge < -0.3 is 15.7 Å². The Labute approximate surface area is 154 Å². The summed E-state index contributed by atoms with van der Waals surface area (Å²) in [5, 5.41) is 10.6. The lowest BCUT2D eigenvalue weighted by Crippen LogP contribution is -2.60. The highest BCUT2D eigenvalue weighted by molar-refractivity contribution is 5.94. The fourth-order valence-corrected chi connectivity index (χ4v) is 4.26. The van der Waals surface area contributed by atoms with E-state index in [2.05, 4.69) is 29.2 Å². The van der Waals surface area contributed by atoms with Crippen molar-refractivity contribution in [1.29, 1.82) is 0 Å². The second kappa shape index (κ2) is 7.09. The van der Waals surface area contributed by atoms with E-state index in [1.54, 1.807) is 24.3 Å². The molecule has 4 rings (SSSR count). The number of carbonyl (C=O) groups is 1. The van der Waals surface area contributed by atoms with Crippen LogP contribution in [0, 0.1) is 11.8 Å². The fourth-order valence-electron chi connectivity index (χ4n) is 4.26. The van der Waals surface area contributed by atoms with Gasteiger partial charge in [0, 0.05) is 55.8 Å². The zero-order chi connectivity index (χ0) is 18.1. The van der Waals surface area contributed by atoms with Crippen molar-refractivity contribution in [3.8, 4) is 0 Å². The molecule has 0 saturated carbocycles. The van der Waals surface area contributed by atoms with Gasteiger partial charge in [-0.2, -0.15) is 0 Å². The molecule has 2 saturated heterocycles. The Kier molecular flexibility index (Phi) is 4.66. The van der Waals surface area contributed by atoms with Crippen LogP contribution in [-0.4, -0.2) is 53.1 Å². The first-order chi connectivity index (χ1) is 12.6. The normalized spacial score (nSPS) is 25.9. The number of nitrogens with two attached hydrogens (primary N) is 1. The standard InChI is InChI=1S/C21H25N3O2/c22-19-8-6-16(7-9-19)21(26)24-13-17-11-23(12-18(14-24)20(17)25)10-15-4-2-1-3-5-15/h1-9,17-18,20,25H,10-14,22H2. The molecule has 3 N–H and O–H groups in total. The minimum Gasteiger partial charge on any atom is -0.399 e. The molecule has 2 aromatic rings. The molecule has 2 heterocycles. The summed E-state index contributed by atoms with van der Waals surface area (Å²) >= 11 is 0. The van der Waals surface area contributed by atoms with E-state index in [4.69, 9.17) is 5.73 Å². The highest BCUT2D eigenvalue weighted by atomic mass is 16.3. The molecular weight excluding hydrogens is 326 g/mol. The average molecular weight is 351 g/mol. The van der Waals surface area contributed by atoms with Crippen LogP contribution in [-0.2, 0) is 6.54 Å². The SMILES string of the molecule is Nc1ccc(C(=O)N2CC3CN(Cc4ccccc4)CC(C2)C3O)cc1. The van der Waals surface area contributed by atoms with Crippen LogP contribution in [0.1, 0.15) is 15.9 Å². The number of aliphatic hydroxyl groups excluding tert-OH is 1. The van der Waals surface area contributed by atoms with E-state index >= 15 is 0 Å². The van der Waals surface area contributed by atoms with Crippen LogP contribution in [0.25, 0.3) is 0 Å². The van der Waals surface area contributed by atoms with E-state index in [1.807, 2.05) is 11.0 Å². The minimum absolute atomic E-state index is 0.0309. The van der Waals surface area contributed by atoms with Gasteiger partial charge in [-0.15, -0.1) is 0 Å². The molecule has 2 unspecified atom stereocenters. The predicted molar refractivity (Wildman–Crippen MR) is 101 cm³/mol. The molecule has 5 nitrogen and oxygen atoms in total. The number of amides is 1. The Balaban J connectivity index is 1.44. The second-order valence-electron chi connectivity index (χ2n) is 7.52. The molecule has 0 aliphatic carbocycles. The van der Waals surface area contributed by atoms with Crippen molar-refractivity contribution in [1.82, 2.24) is 9.80 Å². The molecule has 26 heavy (non-hydrogen) atoms. The molecule has 2 aliphatic heterocycles. The number of carbonyl (C=O) groups excluding carboxylic acids is 1. The van der Waals surface area contributed by atoms with Crippen LogP contribution in [0.4, 0.5) is 5.69 Å². The van der Waals surface area contributed by atoms with E-state index in [0.717, 1.165) is 19.6 Å². The fraction of sp³-hybridized carbons (Fsp3) is 0.381. The van der Waals surface area contributed by atoms with Gasteiger partial charge in [0.15, 0.2) is 0 Å². The van der Waals surface area contributed by atoms with Gasteiger partial charge in [0.05, 0.1) is 6.10 Å². The smallest absolute Gasteiger partial charge is 0.253 e. The Bertz CT molecular complexity index is 747. The van der Waals surface area contributed by atoms with E-state index in [9.17, 15) is 9.90 Å². The summed E-state index contributed by atoms with van der Waals surface area (Å²) in [5.74, 6) is 0.233. The van der Waals surface area contributed by atoms with E-state index < -0.39 is 0 Å². The first-order valence-electron chi connectivity index (χ1n) is 9.19. The predicted octanol–water partition coefficient (Wildman–Crippen LogP) is 1.83. The zero-order valence-electron chi connectivity index (χ0n) is 14.8. The third-order valence-corrected chi connectivity index (χ3v) is 5.56. The summed E-state index contributed by atoms with van der Waals surface area (Å²) in [6, 6.07) is 17.5. The topological polar surface area (TPSA) is 69.8 Å². The maximum atomic E-state index is 12.8. The lowest BCUT2D eigenvalue weighted by atomic mass is 9.81. The van der Waals surface area contributed by atoms with Crippen molar-refractivity contribution in [2.75, 3.05) is 31.9 Å². The molecule has 2 bridgehead atoms. The molecule has 0 aromatic heterocycles. The maximum Gasteiger partial charge on any atom is 0.253 e. The van der Waals surface area contributed by atoms with Gasteiger partial charge in [-0.05, 0) is 29.8 Å². The second-order valence-corrected chi connectivity index (χ2v) is 7.52. The van der Waals surface area contributed by atoms with Gasteiger partial charge in [-0.1, -0.05) is 30.3 Å². The number of aliphatic hydroxyl groups is 1. The lowest BCUT2D eigenvalue weighted by Gasteiger charge is -2.49. The Hall–Kier alpha value is -2.37. The van der Waals surface area contributed by atoms with Crippen LogP contribution in [0.3, 0.4) is 0 Å². The summed E-state index contributed by atoms with van der Waals surface area (Å²) in [7, 11) is 0. The van der Waals surface area contributed by atoms with Crippen LogP contribution in [0.2, 0.25) is 0 Å². The number of nitrogens with zero attached hydrogens (tertiary/aromatic N) is 2. The highest BCUT2D eigenvalue weighted by Gasteiger charge is 2.42. The van der Waals surface area contributed by atoms with Crippen LogP contribution < -0.4 is 5.73 Å². The van der Waals surface area contributed by atoms with Gasteiger partial charge in [0.25, 0.3) is 5.91 Å². The van der Waals surface area contributed by atoms with E-state index in [0.29, 0.717) is 24.3 Å². The number of hydrogen-bond donors (Lipinski definition) is 2. The van der Waals surface area contributed by atoms with E-state index in [1.165, 1.54) is 5.56 Å². The Morgan fingerprint density at radius 2 is 1.58 bits per heavy atom. The van der Waals surface area contributed by atoms with Gasteiger partial charge in [-0.25, -0.2) is 0 Å². The molecule has 5 heteroatoms. The number of rotatable bonds is 3. The van der Waals surface area contributed by atoms with E-state index in [-0.39, 0.29) is 23.8 Å². The molecule has 2 atom stereocenters. The van der Waals surface area contributed by atoms with Gasteiger partial charge in [0.2, 0.25) is 0 Å². The first-order valence-corrected chi connectivity index (χ1v) is 9.19. The molecule has 136 valence electrons. The molecule has 0 radical (unpaired) electrons. The lowest BCUT2D eigenvalue weighted by molar-refractivity contribution is -0.0719. The summed E-state index contributed by atoms with van der Waals surface area (Å²) < 4.78 is 0. The van der Waals surface area contributed by atoms with Crippen molar-refractivity contribution in [3.63, 3.8) is 0 Å². The van der Waals surface area contributed by atoms with Crippen molar-refractivity contribution in [2.45, 2.75) is 12.6 Å². The molecule has 0 spiro atoms. The van der Waals surface area contributed by atoms with Crippen LogP contribution in [0.15, 0.2) is 54.6 Å². The quantitative estimate of drug-likeness (QED) is 0.828. The molecule has 2 aromatic carbocycles. The largest absolute Gasteiger partial charge is 0.399 e. The number of hydrogen-bond acceptors (Lipinski definition) is 4. The number of nitrogen functional groups attached to an aromatic ring is 1. The van der Waals surface area contributed by atoms with Crippen molar-refractivity contribution in [3.05, 3.63) is 65.7 Å². The van der Waals surface area contributed by atoms with Gasteiger partial charge in [0.1, 0.15) is 0 Å².